The van der Waals surface area contributed by atoms with Crippen LogP contribution < -0.4 is 10.6 Å². The molecule has 0 aliphatic heterocycles. The summed E-state index contributed by atoms with van der Waals surface area (Å²) in [5.74, 6) is 0. The van der Waals surface area contributed by atoms with Crippen LogP contribution in [0, 0.1) is 0 Å². The number of halogens is 1. The van der Waals surface area contributed by atoms with Crippen LogP contribution >= 0.6 is 12.4 Å². The highest BCUT2D eigenvalue weighted by Gasteiger charge is 2.18. The van der Waals surface area contributed by atoms with Crippen LogP contribution in [0.3, 0.4) is 0 Å². The number of rotatable bonds is 9. The molecule has 0 saturated heterocycles. The Morgan fingerprint density at radius 2 is 1.27 bits per heavy atom. The molecule has 2 fully saturated rings. The highest BCUT2D eigenvalue weighted by Crippen LogP contribution is 2.18. The summed E-state index contributed by atoms with van der Waals surface area (Å²) >= 11 is 0. The molecule has 2 aliphatic carbocycles. The van der Waals surface area contributed by atoms with Crippen molar-refractivity contribution in [3.8, 4) is 0 Å². The molecule has 0 bridgehead atoms. The van der Waals surface area contributed by atoms with Gasteiger partial charge in [-0.05, 0) is 31.2 Å². The van der Waals surface area contributed by atoms with E-state index in [4.69, 9.17) is 4.74 Å². The monoisotopic (exact) mass is 380 g/mol. The van der Waals surface area contributed by atoms with E-state index in [0.717, 1.165) is 13.1 Å². The van der Waals surface area contributed by atoms with Crippen molar-refractivity contribution in [2.45, 2.75) is 89.0 Å². The van der Waals surface area contributed by atoms with Gasteiger partial charge >= 0.3 is 0 Å². The van der Waals surface area contributed by atoms with Crippen LogP contribution in [0.1, 0.15) is 69.8 Å². The first kappa shape index (κ1) is 21.7. The molecule has 0 unspecified atom stereocenters. The maximum absolute atomic E-state index is 6.29. The van der Waals surface area contributed by atoms with Crippen LogP contribution in [-0.2, 0) is 11.3 Å². The number of nitrogens with one attached hydrogen (secondary N) is 2. The maximum Gasteiger partial charge on any atom is 0.0828 e. The summed E-state index contributed by atoms with van der Waals surface area (Å²) in [7, 11) is 0. The first-order valence-corrected chi connectivity index (χ1v) is 10.5. The van der Waals surface area contributed by atoms with Crippen molar-refractivity contribution in [2.24, 2.45) is 0 Å². The van der Waals surface area contributed by atoms with Gasteiger partial charge in [0.05, 0.1) is 12.7 Å². The molecule has 1 aromatic rings. The Balaban J connectivity index is 0.00000243. The van der Waals surface area contributed by atoms with Crippen LogP contribution in [-0.4, -0.2) is 31.3 Å². The van der Waals surface area contributed by atoms with E-state index < -0.39 is 0 Å². The molecule has 0 amide bonds. The molecule has 0 heterocycles. The fourth-order valence-corrected chi connectivity index (χ4v) is 4.19. The molecule has 3 rings (SSSR count). The van der Waals surface area contributed by atoms with Gasteiger partial charge < -0.3 is 15.4 Å². The molecule has 3 nitrogen and oxygen atoms in total. The topological polar surface area (TPSA) is 33.3 Å². The summed E-state index contributed by atoms with van der Waals surface area (Å²) < 4.78 is 6.29. The summed E-state index contributed by atoms with van der Waals surface area (Å²) in [4.78, 5) is 0. The molecular formula is C22H37ClN2O. The third-order valence-corrected chi connectivity index (χ3v) is 5.81. The average Bonchev–Trinajstić information content (AvgIpc) is 2.70. The Labute approximate surface area is 166 Å². The summed E-state index contributed by atoms with van der Waals surface area (Å²) in [5, 5.41) is 7.56. The van der Waals surface area contributed by atoms with E-state index in [1.54, 1.807) is 0 Å². The summed E-state index contributed by atoms with van der Waals surface area (Å²) in [6.07, 6.45) is 13.9. The lowest BCUT2D eigenvalue weighted by atomic mass is 9.95. The lowest BCUT2D eigenvalue weighted by Crippen LogP contribution is -2.44. The Hall–Kier alpha value is -0.610. The Morgan fingerprint density at radius 3 is 1.77 bits per heavy atom. The Morgan fingerprint density at radius 1 is 0.769 bits per heavy atom. The molecule has 4 heteroatoms. The largest absolute Gasteiger partial charge is 0.371 e. The second-order valence-electron chi connectivity index (χ2n) is 7.90. The third kappa shape index (κ3) is 7.96. The first-order chi connectivity index (χ1) is 12.4. The zero-order valence-electron chi connectivity index (χ0n) is 16.1. The molecule has 148 valence electrons. The zero-order chi connectivity index (χ0) is 17.2. The summed E-state index contributed by atoms with van der Waals surface area (Å²) in [6.45, 7) is 2.65. The summed E-state index contributed by atoms with van der Waals surface area (Å²) in [6, 6.07) is 12.0. The molecule has 2 N–H and O–H groups in total. The first-order valence-electron chi connectivity index (χ1n) is 10.5. The average molecular weight is 381 g/mol. The van der Waals surface area contributed by atoms with Gasteiger partial charge in [0.15, 0.2) is 0 Å². The van der Waals surface area contributed by atoms with Crippen molar-refractivity contribution in [3.05, 3.63) is 35.9 Å². The van der Waals surface area contributed by atoms with E-state index in [-0.39, 0.29) is 18.5 Å². The predicted octanol–water partition coefficient (Wildman–Crippen LogP) is 4.84. The van der Waals surface area contributed by atoms with Crippen molar-refractivity contribution in [1.82, 2.24) is 10.6 Å². The lowest BCUT2D eigenvalue weighted by Gasteiger charge is -2.28. The predicted molar refractivity (Wildman–Crippen MR) is 112 cm³/mol. The van der Waals surface area contributed by atoms with Gasteiger partial charge in [-0.3, -0.25) is 0 Å². The van der Waals surface area contributed by atoms with Crippen LogP contribution in [0.15, 0.2) is 30.3 Å². The smallest absolute Gasteiger partial charge is 0.0828 e. The van der Waals surface area contributed by atoms with E-state index in [1.165, 1.54) is 69.8 Å². The van der Waals surface area contributed by atoms with Gasteiger partial charge in [0.25, 0.3) is 0 Å². The van der Waals surface area contributed by atoms with Gasteiger partial charge in [-0.1, -0.05) is 68.9 Å². The molecule has 26 heavy (non-hydrogen) atoms. The number of ether oxygens (including phenoxy) is 1. The van der Waals surface area contributed by atoms with Gasteiger partial charge in [-0.25, -0.2) is 0 Å². The van der Waals surface area contributed by atoms with Gasteiger partial charge in [0, 0.05) is 25.2 Å². The van der Waals surface area contributed by atoms with Crippen molar-refractivity contribution in [3.63, 3.8) is 0 Å². The fraction of sp³-hybridized carbons (Fsp3) is 0.727. The van der Waals surface area contributed by atoms with E-state index >= 15 is 0 Å². The minimum absolute atomic E-state index is 0. The number of hydrogen-bond donors (Lipinski definition) is 2. The standard InChI is InChI=1S/C22H36N2O.ClH/c1-4-10-19(11-5-1)18-25-22(16-23-20-12-6-2-7-13-20)17-24-21-14-8-3-9-15-21;/h1,4-5,10-11,20-24H,2-3,6-9,12-18H2;1H. The Kier molecular flexibility index (Phi) is 10.6. The van der Waals surface area contributed by atoms with E-state index in [0.29, 0.717) is 18.7 Å². The molecule has 0 spiro atoms. The van der Waals surface area contributed by atoms with Crippen molar-refractivity contribution < 1.29 is 4.74 Å². The minimum Gasteiger partial charge on any atom is -0.371 e. The van der Waals surface area contributed by atoms with Crippen LogP contribution in [0.25, 0.3) is 0 Å². The number of hydrogen-bond acceptors (Lipinski definition) is 3. The highest BCUT2D eigenvalue weighted by molar-refractivity contribution is 5.85. The van der Waals surface area contributed by atoms with Crippen molar-refractivity contribution in [1.29, 1.82) is 0 Å². The Bertz CT molecular complexity index is 436. The van der Waals surface area contributed by atoms with Gasteiger partial charge in [-0.15, -0.1) is 12.4 Å². The van der Waals surface area contributed by atoms with Crippen LogP contribution in [0.5, 0.6) is 0 Å². The van der Waals surface area contributed by atoms with E-state index in [9.17, 15) is 0 Å². The highest BCUT2D eigenvalue weighted by atomic mass is 35.5. The molecule has 0 radical (unpaired) electrons. The maximum atomic E-state index is 6.29. The van der Waals surface area contributed by atoms with Gasteiger partial charge in [-0.2, -0.15) is 0 Å². The normalized spacial score (nSPS) is 19.4. The zero-order valence-corrected chi connectivity index (χ0v) is 16.9. The summed E-state index contributed by atoms with van der Waals surface area (Å²) in [5.41, 5.74) is 1.27. The van der Waals surface area contributed by atoms with Crippen molar-refractivity contribution >= 4 is 12.4 Å². The third-order valence-electron chi connectivity index (χ3n) is 5.81. The van der Waals surface area contributed by atoms with E-state index in [1.807, 2.05) is 0 Å². The molecule has 0 atom stereocenters. The van der Waals surface area contributed by atoms with Gasteiger partial charge in [0.1, 0.15) is 0 Å². The van der Waals surface area contributed by atoms with Crippen molar-refractivity contribution in [2.75, 3.05) is 13.1 Å². The van der Waals surface area contributed by atoms with Crippen LogP contribution in [0.2, 0.25) is 0 Å². The number of benzene rings is 1. The van der Waals surface area contributed by atoms with Gasteiger partial charge in [0.2, 0.25) is 0 Å². The second kappa shape index (κ2) is 12.7. The molecule has 2 aliphatic rings. The molecule has 2 saturated carbocycles. The lowest BCUT2D eigenvalue weighted by molar-refractivity contribution is 0.0357. The minimum atomic E-state index is 0. The second-order valence-corrected chi connectivity index (χ2v) is 7.90. The molecule has 0 aromatic heterocycles. The van der Waals surface area contributed by atoms with E-state index in [2.05, 4.69) is 41.0 Å². The SMILES string of the molecule is Cl.c1ccc(COC(CNC2CCCCC2)CNC2CCCCC2)cc1. The fourth-order valence-electron chi connectivity index (χ4n) is 4.19. The van der Waals surface area contributed by atoms with Crippen LogP contribution in [0.4, 0.5) is 0 Å². The molecule has 1 aromatic carbocycles. The quantitative estimate of drug-likeness (QED) is 0.643. The molecular weight excluding hydrogens is 344 g/mol.